The number of rotatable bonds is 5. The molecule has 1 aliphatic rings. The number of fused-ring (bicyclic) bond motifs is 1. The molecule has 32 heavy (non-hydrogen) atoms. The van der Waals surface area contributed by atoms with Crippen LogP contribution in [0, 0.1) is 12.7 Å². The van der Waals surface area contributed by atoms with Crippen molar-refractivity contribution in [3.8, 4) is 11.5 Å². The van der Waals surface area contributed by atoms with Gasteiger partial charge in [-0.05, 0) is 55.0 Å². The maximum absolute atomic E-state index is 13.2. The Labute approximate surface area is 189 Å². The van der Waals surface area contributed by atoms with Crippen LogP contribution < -0.4 is 9.47 Å². The number of halogens is 2. The molecule has 3 aromatic carbocycles. The highest BCUT2D eigenvalue weighted by Crippen LogP contribution is 2.39. The van der Waals surface area contributed by atoms with E-state index < -0.39 is 11.8 Å². The van der Waals surface area contributed by atoms with E-state index in [9.17, 15) is 14.0 Å². The molecule has 0 saturated heterocycles. The molecular weight excluding hydrogens is 435 g/mol. The Kier molecular flexibility index (Phi) is 5.97. The molecule has 1 heterocycles. The number of carbonyl (C=O) groups is 2. The lowest BCUT2D eigenvalue weighted by molar-refractivity contribution is 0.0600. The number of hydrogen-bond donors (Lipinski definition) is 0. The van der Waals surface area contributed by atoms with Crippen molar-refractivity contribution in [3.63, 3.8) is 0 Å². The molecule has 0 radical (unpaired) electrons. The van der Waals surface area contributed by atoms with Gasteiger partial charge in [0.25, 0.3) is 0 Å². The van der Waals surface area contributed by atoms with Gasteiger partial charge in [0.1, 0.15) is 23.9 Å². The number of ether oxygens (including phenoxy) is 3. The van der Waals surface area contributed by atoms with Crippen LogP contribution in [0.15, 0.2) is 60.4 Å². The first kappa shape index (κ1) is 21.6. The molecule has 0 bridgehead atoms. The van der Waals surface area contributed by atoms with Crippen LogP contribution in [-0.2, 0) is 11.3 Å². The SMILES string of the molecule is COC(=O)c1ccc(/C=C2\Oc3c(ccc(OCc4ccc(F)cc4Cl)c3C)C2=O)cc1. The van der Waals surface area contributed by atoms with Gasteiger partial charge in [-0.1, -0.05) is 29.8 Å². The first-order chi connectivity index (χ1) is 15.4. The Bertz CT molecular complexity index is 1250. The van der Waals surface area contributed by atoms with E-state index in [0.717, 1.165) is 0 Å². The van der Waals surface area contributed by atoms with E-state index in [1.54, 1.807) is 55.5 Å². The number of ketones is 1. The standard InChI is InChI=1S/C25H18ClFO5/c1-14-21(31-13-17-7-8-18(27)12-20(17)26)10-9-19-23(28)22(32-24(14)19)11-15-3-5-16(6-4-15)25(29)30-2/h3-12H,13H2,1-2H3/b22-11-. The molecule has 0 fully saturated rings. The number of hydrogen-bond acceptors (Lipinski definition) is 5. The summed E-state index contributed by atoms with van der Waals surface area (Å²) in [5.74, 6) is 0.0326. The summed E-state index contributed by atoms with van der Waals surface area (Å²) >= 11 is 6.06. The lowest BCUT2D eigenvalue weighted by atomic mass is 10.1. The summed E-state index contributed by atoms with van der Waals surface area (Å²) in [4.78, 5) is 24.3. The van der Waals surface area contributed by atoms with Gasteiger partial charge in [-0.2, -0.15) is 0 Å². The number of allylic oxidation sites excluding steroid dienone is 1. The average molecular weight is 453 g/mol. The topological polar surface area (TPSA) is 61.8 Å². The number of benzene rings is 3. The van der Waals surface area contributed by atoms with Crippen molar-refractivity contribution < 1.29 is 28.2 Å². The van der Waals surface area contributed by atoms with Gasteiger partial charge >= 0.3 is 5.97 Å². The van der Waals surface area contributed by atoms with Crippen LogP contribution in [0.25, 0.3) is 6.08 Å². The van der Waals surface area contributed by atoms with Gasteiger partial charge in [0.15, 0.2) is 5.76 Å². The zero-order valence-electron chi connectivity index (χ0n) is 17.3. The molecule has 0 N–H and O–H groups in total. The number of carbonyl (C=O) groups excluding carboxylic acids is 2. The maximum atomic E-state index is 13.2. The molecule has 7 heteroatoms. The van der Waals surface area contributed by atoms with Crippen molar-refractivity contribution in [2.24, 2.45) is 0 Å². The normalized spacial score (nSPS) is 13.6. The zero-order valence-corrected chi connectivity index (χ0v) is 18.0. The third kappa shape index (κ3) is 4.22. The number of methoxy groups -OCH3 is 1. The number of esters is 1. The predicted octanol–water partition coefficient (Wildman–Crippen LogP) is 5.77. The van der Waals surface area contributed by atoms with Gasteiger partial charge in [-0.3, -0.25) is 4.79 Å². The first-order valence-corrected chi connectivity index (χ1v) is 10.1. The van der Waals surface area contributed by atoms with Crippen LogP contribution >= 0.6 is 11.6 Å². The molecule has 162 valence electrons. The second kappa shape index (κ2) is 8.85. The summed E-state index contributed by atoms with van der Waals surface area (Å²) < 4.78 is 29.6. The van der Waals surface area contributed by atoms with E-state index in [0.29, 0.717) is 39.3 Å². The van der Waals surface area contributed by atoms with Gasteiger partial charge in [0.2, 0.25) is 5.78 Å². The minimum atomic E-state index is -0.435. The smallest absolute Gasteiger partial charge is 0.337 e. The van der Waals surface area contributed by atoms with E-state index >= 15 is 0 Å². The van der Waals surface area contributed by atoms with Crippen molar-refractivity contribution in [2.75, 3.05) is 7.11 Å². The largest absolute Gasteiger partial charge is 0.488 e. The molecular formula is C25H18ClFO5. The summed E-state index contributed by atoms with van der Waals surface area (Å²) in [5.41, 5.74) is 2.86. The van der Waals surface area contributed by atoms with Gasteiger partial charge in [0, 0.05) is 11.1 Å². The molecule has 0 atom stereocenters. The van der Waals surface area contributed by atoms with Gasteiger partial charge in [0.05, 0.1) is 23.3 Å². The molecule has 0 saturated carbocycles. The summed E-state index contributed by atoms with van der Waals surface area (Å²) in [6.07, 6.45) is 1.61. The van der Waals surface area contributed by atoms with E-state index in [2.05, 4.69) is 4.74 Å². The highest BCUT2D eigenvalue weighted by Gasteiger charge is 2.30. The van der Waals surface area contributed by atoms with E-state index in [4.69, 9.17) is 21.1 Å². The highest BCUT2D eigenvalue weighted by molar-refractivity contribution is 6.31. The van der Waals surface area contributed by atoms with Gasteiger partial charge in [-0.15, -0.1) is 0 Å². The minimum absolute atomic E-state index is 0.141. The average Bonchev–Trinajstić information content (AvgIpc) is 3.10. The molecule has 3 aromatic rings. The van der Waals surface area contributed by atoms with E-state index in [1.165, 1.54) is 19.2 Å². The molecule has 5 nitrogen and oxygen atoms in total. The summed E-state index contributed by atoms with van der Waals surface area (Å²) in [5, 5.41) is 0.277. The summed E-state index contributed by atoms with van der Waals surface area (Å²) in [6.45, 7) is 1.93. The fourth-order valence-electron chi connectivity index (χ4n) is 3.30. The summed E-state index contributed by atoms with van der Waals surface area (Å²) in [6, 6.07) is 14.1. The lowest BCUT2D eigenvalue weighted by Crippen LogP contribution is -2.01. The highest BCUT2D eigenvalue weighted by atomic mass is 35.5. The van der Waals surface area contributed by atoms with Crippen LogP contribution in [0.1, 0.15) is 37.4 Å². The Hall–Kier alpha value is -3.64. The van der Waals surface area contributed by atoms with Crippen LogP contribution in [0.4, 0.5) is 4.39 Å². The van der Waals surface area contributed by atoms with E-state index in [-0.39, 0.29) is 23.2 Å². The van der Waals surface area contributed by atoms with Crippen LogP contribution in [0.5, 0.6) is 11.5 Å². The van der Waals surface area contributed by atoms with Gasteiger partial charge in [-0.25, -0.2) is 9.18 Å². The van der Waals surface area contributed by atoms with Crippen molar-refractivity contribution in [1.82, 2.24) is 0 Å². The Morgan fingerprint density at radius 1 is 1.12 bits per heavy atom. The fraction of sp³-hybridized carbons (Fsp3) is 0.120. The Morgan fingerprint density at radius 2 is 1.88 bits per heavy atom. The molecule has 0 spiro atoms. The van der Waals surface area contributed by atoms with Crippen molar-refractivity contribution >= 4 is 29.4 Å². The predicted molar refractivity (Wildman–Crippen MR) is 118 cm³/mol. The molecule has 0 amide bonds. The van der Waals surface area contributed by atoms with E-state index in [1.807, 2.05) is 0 Å². The second-order valence-corrected chi connectivity index (χ2v) is 7.55. The molecule has 0 unspecified atom stereocenters. The number of Topliss-reactive ketones (excluding diaryl/α,β-unsaturated/α-hetero) is 1. The Morgan fingerprint density at radius 3 is 2.56 bits per heavy atom. The van der Waals surface area contributed by atoms with Gasteiger partial charge < -0.3 is 14.2 Å². The molecule has 0 aromatic heterocycles. The fourth-order valence-corrected chi connectivity index (χ4v) is 3.53. The quantitative estimate of drug-likeness (QED) is 0.363. The van der Waals surface area contributed by atoms with Crippen LogP contribution in [0.2, 0.25) is 5.02 Å². The van der Waals surface area contributed by atoms with Crippen molar-refractivity contribution in [1.29, 1.82) is 0 Å². The Balaban J connectivity index is 1.54. The molecule has 1 aliphatic heterocycles. The zero-order chi connectivity index (χ0) is 22.8. The van der Waals surface area contributed by atoms with Crippen LogP contribution in [-0.4, -0.2) is 18.9 Å². The third-order valence-corrected chi connectivity index (χ3v) is 5.42. The minimum Gasteiger partial charge on any atom is -0.488 e. The molecule has 0 aliphatic carbocycles. The lowest BCUT2D eigenvalue weighted by Gasteiger charge is -2.12. The van der Waals surface area contributed by atoms with Crippen LogP contribution in [0.3, 0.4) is 0 Å². The van der Waals surface area contributed by atoms with Crippen molar-refractivity contribution in [2.45, 2.75) is 13.5 Å². The third-order valence-electron chi connectivity index (χ3n) is 5.06. The van der Waals surface area contributed by atoms with Crippen molar-refractivity contribution in [3.05, 3.63) is 99.0 Å². The molecule has 4 rings (SSSR count). The maximum Gasteiger partial charge on any atom is 0.337 e. The first-order valence-electron chi connectivity index (χ1n) is 9.70. The monoisotopic (exact) mass is 452 g/mol. The second-order valence-electron chi connectivity index (χ2n) is 7.14. The summed E-state index contributed by atoms with van der Waals surface area (Å²) in [7, 11) is 1.31.